The quantitative estimate of drug-likeness (QED) is 0.643. The van der Waals surface area contributed by atoms with Crippen molar-refractivity contribution in [2.75, 3.05) is 37.8 Å². The predicted molar refractivity (Wildman–Crippen MR) is 132 cm³/mol. The number of aromatic nitrogens is 2. The van der Waals surface area contributed by atoms with Crippen LogP contribution in [0.15, 0.2) is 30.3 Å². The molecule has 178 valence electrons. The maximum atomic E-state index is 12.8. The first-order valence-corrected chi connectivity index (χ1v) is 12.5. The third-order valence-corrected chi connectivity index (χ3v) is 7.61. The molecule has 0 spiro atoms. The topological polar surface area (TPSA) is 68.6 Å². The van der Waals surface area contributed by atoms with Gasteiger partial charge < -0.3 is 19.7 Å². The molecule has 3 aromatic rings. The minimum absolute atomic E-state index is 0.0521. The van der Waals surface area contributed by atoms with E-state index >= 15 is 0 Å². The van der Waals surface area contributed by atoms with Crippen LogP contribution in [0.1, 0.15) is 36.0 Å². The van der Waals surface area contributed by atoms with Crippen LogP contribution in [-0.2, 0) is 16.0 Å². The summed E-state index contributed by atoms with van der Waals surface area (Å²) in [4.78, 5) is 20.2. The van der Waals surface area contributed by atoms with Gasteiger partial charge in [0.1, 0.15) is 5.75 Å². The molecular weight excluding hydrogens is 428 g/mol. The summed E-state index contributed by atoms with van der Waals surface area (Å²) in [7, 11) is 0. The highest BCUT2D eigenvalue weighted by Gasteiger charge is 2.30. The van der Waals surface area contributed by atoms with Crippen molar-refractivity contribution in [1.29, 1.82) is 0 Å². The smallest absolute Gasteiger partial charge is 0.223 e. The maximum Gasteiger partial charge on any atom is 0.223 e. The lowest BCUT2D eigenvalue weighted by Gasteiger charge is -2.33. The fourth-order valence-electron chi connectivity index (χ4n) is 5.41. The van der Waals surface area contributed by atoms with Crippen LogP contribution in [-0.4, -0.2) is 54.4 Å². The number of piperidine rings is 1. The molecule has 0 saturated carbocycles. The van der Waals surface area contributed by atoms with Crippen LogP contribution < -0.4 is 15.0 Å². The fraction of sp³-hybridized carbons (Fsp3) is 0.481. The molecule has 2 saturated heterocycles. The van der Waals surface area contributed by atoms with Gasteiger partial charge in [-0.2, -0.15) is 0 Å². The van der Waals surface area contributed by atoms with E-state index in [2.05, 4.69) is 59.0 Å². The van der Waals surface area contributed by atoms with Crippen molar-refractivity contribution in [2.24, 2.45) is 5.92 Å². The number of hydrogen-bond acceptors (Lipinski definition) is 5. The van der Waals surface area contributed by atoms with Crippen LogP contribution in [0, 0.1) is 19.8 Å². The molecule has 1 aromatic heterocycles. The molecule has 34 heavy (non-hydrogen) atoms. The highest BCUT2D eigenvalue weighted by Crippen LogP contribution is 2.34. The number of rotatable bonds is 4. The van der Waals surface area contributed by atoms with E-state index in [-0.39, 0.29) is 17.9 Å². The Hall–Kier alpha value is -3.06. The van der Waals surface area contributed by atoms with Crippen molar-refractivity contribution in [3.8, 4) is 11.4 Å². The van der Waals surface area contributed by atoms with Crippen molar-refractivity contribution >= 4 is 22.9 Å². The predicted octanol–water partition coefficient (Wildman–Crippen LogP) is 3.70. The molecule has 2 aromatic carbocycles. The van der Waals surface area contributed by atoms with Gasteiger partial charge in [-0.1, -0.05) is 0 Å². The van der Waals surface area contributed by atoms with Crippen LogP contribution >= 0.6 is 0 Å². The van der Waals surface area contributed by atoms with E-state index in [0.29, 0.717) is 6.61 Å². The Morgan fingerprint density at radius 3 is 2.68 bits per heavy atom. The summed E-state index contributed by atoms with van der Waals surface area (Å²) in [6, 6.07) is 11.1. The van der Waals surface area contributed by atoms with E-state index in [1.807, 2.05) is 0 Å². The molecule has 0 bridgehead atoms. The summed E-state index contributed by atoms with van der Waals surface area (Å²) >= 11 is 0. The largest absolute Gasteiger partial charge is 0.493 e. The average Bonchev–Trinajstić information content (AvgIpc) is 3.59. The second-order valence-electron chi connectivity index (χ2n) is 9.89. The van der Waals surface area contributed by atoms with E-state index < -0.39 is 0 Å². The number of anilines is 1. The van der Waals surface area contributed by atoms with E-state index in [1.165, 1.54) is 16.7 Å². The number of imidazole rings is 1. The number of nitrogens with one attached hydrogen (secondary N) is 1. The number of carbonyl (C=O) groups excluding carboxylic acids is 1. The van der Waals surface area contributed by atoms with E-state index in [1.54, 1.807) is 0 Å². The van der Waals surface area contributed by atoms with Gasteiger partial charge in [-0.3, -0.25) is 9.36 Å². The highest BCUT2D eigenvalue weighted by molar-refractivity contribution is 5.83. The van der Waals surface area contributed by atoms with Crippen LogP contribution in [0.3, 0.4) is 0 Å². The molecule has 7 heteroatoms. The first kappa shape index (κ1) is 21.5. The molecular formula is C27H32N4O3. The molecule has 0 unspecified atom stereocenters. The van der Waals surface area contributed by atoms with Gasteiger partial charge in [0, 0.05) is 37.7 Å². The second-order valence-corrected chi connectivity index (χ2v) is 9.89. The lowest BCUT2D eigenvalue weighted by Crippen LogP contribution is -2.44. The normalized spacial score (nSPS) is 20.5. The Morgan fingerprint density at radius 1 is 1.06 bits per heavy atom. The van der Waals surface area contributed by atoms with Crippen molar-refractivity contribution in [1.82, 2.24) is 14.9 Å². The Labute approximate surface area is 200 Å². The molecule has 2 fully saturated rings. The summed E-state index contributed by atoms with van der Waals surface area (Å²) in [6.07, 6.45) is 3.52. The summed E-state index contributed by atoms with van der Waals surface area (Å²) in [5.41, 5.74) is 7.01. The van der Waals surface area contributed by atoms with Gasteiger partial charge in [0.25, 0.3) is 0 Å². The molecule has 1 amide bonds. The Morgan fingerprint density at radius 2 is 1.88 bits per heavy atom. The molecule has 3 aliphatic heterocycles. The number of carbonyl (C=O) groups is 1. The number of hydrogen-bond donors (Lipinski definition) is 1. The monoisotopic (exact) mass is 460 g/mol. The van der Waals surface area contributed by atoms with Crippen molar-refractivity contribution < 1.29 is 14.3 Å². The van der Waals surface area contributed by atoms with Gasteiger partial charge in [0.05, 0.1) is 30.3 Å². The van der Waals surface area contributed by atoms with E-state index in [4.69, 9.17) is 14.5 Å². The fourth-order valence-corrected chi connectivity index (χ4v) is 5.41. The number of fused-ring (bicyclic) bond motifs is 2. The second kappa shape index (κ2) is 8.62. The molecule has 0 aliphatic carbocycles. The summed E-state index contributed by atoms with van der Waals surface area (Å²) in [5.74, 6) is 2.17. The van der Waals surface area contributed by atoms with E-state index in [9.17, 15) is 4.79 Å². The lowest BCUT2D eigenvalue weighted by molar-refractivity contribution is -0.126. The summed E-state index contributed by atoms with van der Waals surface area (Å²) < 4.78 is 13.4. The first-order chi connectivity index (χ1) is 16.6. The van der Waals surface area contributed by atoms with Crippen molar-refractivity contribution in [3.05, 3.63) is 47.0 Å². The SMILES string of the molecule is Cc1cc2nc(N3CCC(C(=O)N[C@@H]4CCOC4)CC3)n(-c3ccc4c(c3)CCO4)c2cc1C. The van der Waals surface area contributed by atoms with Crippen LogP contribution in [0.5, 0.6) is 5.75 Å². The zero-order valence-corrected chi connectivity index (χ0v) is 20.0. The zero-order valence-electron chi connectivity index (χ0n) is 20.0. The minimum atomic E-state index is 0.0521. The highest BCUT2D eigenvalue weighted by atomic mass is 16.5. The Kier molecular flexibility index (Phi) is 5.44. The Bertz CT molecular complexity index is 1240. The number of benzene rings is 2. The zero-order chi connectivity index (χ0) is 23.2. The Balaban J connectivity index is 1.30. The minimum Gasteiger partial charge on any atom is -0.493 e. The standard InChI is InChI=1S/C27H32N4O3/c1-17-13-23-24(14-18(17)2)31(22-3-4-25-20(15-22)7-12-34-25)27(29-23)30-9-5-19(6-10-30)26(32)28-21-8-11-33-16-21/h3-4,13-15,19,21H,5-12,16H2,1-2H3,(H,28,32)/t21-/m1/s1. The molecule has 4 heterocycles. The first-order valence-electron chi connectivity index (χ1n) is 12.5. The number of nitrogens with zero attached hydrogens (tertiary/aromatic N) is 3. The van der Waals surface area contributed by atoms with Crippen molar-refractivity contribution in [2.45, 2.75) is 45.6 Å². The molecule has 7 nitrogen and oxygen atoms in total. The molecule has 6 rings (SSSR count). The van der Waals surface area contributed by atoms with Crippen LogP contribution in [0.25, 0.3) is 16.7 Å². The van der Waals surface area contributed by atoms with Gasteiger partial charge in [0.15, 0.2) is 0 Å². The van der Waals surface area contributed by atoms with Gasteiger partial charge in [0.2, 0.25) is 11.9 Å². The number of amides is 1. The summed E-state index contributed by atoms with van der Waals surface area (Å²) in [5, 5.41) is 3.18. The molecule has 1 atom stereocenters. The van der Waals surface area contributed by atoms with Gasteiger partial charge in [-0.15, -0.1) is 0 Å². The molecule has 1 N–H and O–H groups in total. The van der Waals surface area contributed by atoms with Crippen molar-refractivity contribution in [3.63, 3.8) is 0 Å². The van der Waals surface area contributed by atoms with Gasteiger partial charge in [-0.05, 0) is 80.1 Å². The van der Waals surface area contributed by atoms with Crippen LogP contribution in [0.2, 0.25) is 0 Å². The third kappa shape index (κ3) is 3.82. The summed E-state index contributed by atoms with van der Waals surface area (Å²) in [6.45, 7) is 8.05. The van der Waals surface area contributed by atoms with Gasteiger partial charge >= 0.3 is 0 Å². The average molecular weight is 461 g/mol. The maximum absolute atomic E-state index is 12.8. The molecule has 3 aliphatic rings. The van der Waals surface area contributed by atoms with Crippen LogP contribution in [0.4, 0.5) is 5.95 Å². The van der Waals surface area contributed by atoms with Gasteiger partial charge in [-0.25, -0.2) is 4.98 Å². The number of aryl methyl sites for hydroxylation is 2. The third-order valence-electron chi connectivity index (χ3n) is 7.61. The van der Waals surface area contributed by atoms with E-state index in [0.717, 1.165) is 80.4 Å². The number of ether oxygens (including phenoxy) is 2. The molecule has 0 radical (unpaired) electrons. The lowest BCUT2D eigenvalue weighted by atomic mass is 9.95.